The number of carbonyl (C=O) groups excluding carboxylic acids is 1. The van der Waals surface area contributed by atoms with E-state index in [4.69, 9.17) is 0 Å². The van der Waals surface area contributed by atoms with E-state index in [1.54, 1.807) is 6.20 Å². The molecule has 27 heavy (non-hydrogen) atoms. The number of carbonyl (C=O) groups is 1. The van der Waals surface area contributed by atoms with Crippen LogP contribution in [0, 0.1) is 0 Å². The third-order valence-electron chi connectivity index (χ3n) is 4.37. The zero-order valence-corrected chi connectivity index (χ0v) is 18.8. The highest BCUT2D eigenvalue weighted by Crippen LogP contribution is 2.39. The van der Waals surface area contributed by atoms with Gasteiger partial charge in [-0.15, -0.1) is 17.0 Å². The Morgan fingerprint density at radius 2 is 1.59 bits per heavy atom. The summed E-state index contributed by atoms with van der Waals surface area (Å²) in [5.74, 6) is 0.305. The van der Waals surface area contributed by atoms with Crippen molar-refractivity contribution in [3.8, 4) is 5.75 Å². The fourth-order valence-corrected chi connectivity index (χ4v) is 2.85. The monoisotopic (exact) mass is 434 g/mol. The molecule has 0 radical (unpaired) electrons. The molecule has 1 aromatic carbocycles. The minimum absolute atomic E-state index is 0. The molecule has 0 fully saturated rings. The van der Waals surface area contributed by atoms with Crippen LogP contribution in [-0.4, -0.2) is 22.4 Å². The van der Waals surface area contributed by atoms with Gasteiger partial charge in [0.05, 0.1) is 12.2 Å². The summed E-state index contributed by atoms with van der Waals surface area (Å²) in [7, 11) is 0. The molecule has 2 aromatic rings. The number of nitrogens with one attached hydrogen (secondary N) is 1. The Balaban J connectivity index is 0.00000364. The normalized spacial score (nSPS) is 11.8. The third-order valence-corrected chi connectivity index (χ3v) is 4.37. The van der Waals surface area contributed by atoms with Crippen molar-refractivity contribution >= 4 is 22.8 Å². The summed E-state index contributed by atoms with van der Waals surface area (Å²) >= 11 is 0. The van der Waals surface area contributed by atoms with E-state index in [1.807, 2.05) is 71.9 Å². The molecule has 0 unspecified atom stereocenters. The zero-order chi connectivity index (χ0) is 19.5. The van der Waals surface area contributed by atoms with Crippen LogP contribution in [-0.2, 0) is 17.4 Å². The number of nitrogens with zero attached hydrogens (tertiary/aromatic N) is 1. The molecule has 0 aliphatic heterocycles. The summed E-state index contributed by atoms with van der Waals surface area (Å²) in [6, 6.07) is 9.38. The maximum Gasteiger partial charge on any atom is 0.176 e. The van der Waals surface area contributed by atoms with Crippen molar-refractivity contribution in [3.05, 3.63) is 58.9 Å². The lowest BCUT2D eigenvalue weighted by Gasteiger charge is -2.28. The molecule has 0 amide bonds. The average molecular weight is 435 g/mol. The van der Waals surface area contributed by atoms with Crippen LogP contribution in [0.1, 0.15) is 68.7 Å². The van der Waals surface area contributed by atoms with Gasteiger partial charge in [-0.2, -0.15) is 0 Å². The number of rotatable bonds is 5. The third kappa shape index (κ3) is 6.15. The van der Waals surface area contributed by atoms with E-state index in [-0.39, 0.29) is 40.1 Å². The Kier molecular flexibility index (Phi) is 7.76. The summed E-state index contributed by atoms with van der Waals surface area (Å²) in [6.07, 6.45) is 1.74. The van der Waals surface area contributed by atoms with Gasteiger partial charge in [0.15, 0.2) is 5.78 Å². The molecule has 0 bridgehead atoms. The summed E-state index contributed by atoms with van der Waals surface area (Å²) in [5.41, 5.74) is 2.64. The lowest BCUT2D eigenvalue weighted by atomic mass is 9.78. The highest BCUT2D eigenvalue weighted by Gasteiger charge is 2.27. The van der Waals surface area contributed by atoms with Crippen LogP contribution < -0.4 is 5.32 Å². The van der Waals surface area contributed by atoms with Crippen LogP contribution in [0.2, 0.25) is 0 Å². The first-order chi connectivity index (χ1) is 12.0. The number of phenolic OH excluding ortho intramolecular Hbond substituents is 1. The van der Waals surface area contributed by atoms with E-state index in [1.165, 1.54) is 0 Å². The van der Waals surface area contributed by atoms with Crippen LogP contribution in [0.25, 0.3) is 0 Å². The smallest absolute Gasteiger partial charge is 0.176 e. The number of halogens is 1. The largest absolute Gasteiger partial charge is 0.507 e. The maximum atomic E-state index is 12.7. The topological polar surface area (TPSA) is 62.2 Å². The van der Waals surface area contributed by atoms with Gasteiger partial charge in [0.2, 0.25) is 0 Å². The van der Waals surface area contributed by atoms with Gasteiger partial charge in [-0.05, 0) is 35.1 Å². The average Bonchev–Trinajstić information content (AvgIpc) is 2.53. The van der Waals surface area contributed by atoms with Crippen LogP contribution >= 0.6 is 17.0 Å². The van der Waals surface area contributed by atoms with E-state index >= 15 is 0 Å². The molecular formula is C22H31BrN2O2. The highest BCUT2D eigenvalue weighted by atomic mass is 79.9. The van der Waals surface area contributed by atoms with Crippen molar-refractivity contribution in [1.82, 2.24) is 10.3 Å². The number of hydrogen-bond acceptors (Lipinski definition) is 4. The van der Waals surface area contributed by atoms with Gasteiger partial charge in [-0.1, -0.05) is 47.6 Å². The Morgan fingerprint density at radius 1 is 1.04 bits per heavy atom. The van der Waals surface area contributed by atoms with Gasteiger partial charge >= 0.3 is 0 Å². The number of aromatic nitrogens is 1. The zero-order valence-electron chi connectivity index (χ0n) is 17.1. The predicted octanol–water partition coefficient (Wildman–Crippen LogP) is 4.93. The van der Waals surface area contributed by atoms with Crippen LogP contribution in [0.15, 0.2) is 36.5 Å². The minimum atomic E-state index is -0.248. The predicted molar refractivity (Wildman–Crippen MR) is 116 cm³/mol. The standard InChI is InChI=1S/C22H30N2O2.BrH/c1-21(2,3)17-11-15(12-18(20(17)26)22(4,5)6)19(25)14-23-13-16-9-7-8-10-24-16;/h7-12,23,26H,13-14H2,1-6H3;1H. The van der Waals surface area contributed by atoms with Gasteiger partial charge in [0.1, 0.15) is 5.75 Å². The van der Waals surface area contributed by atoms with E-state index in [2.05, 4.69) is 10.3 Å². The molecule has 5 heteroatoms. The molecular weight excluding hydrogens is 404 g/mol. The van der Waals surface area contributed by atoms with Gasteiger partial charge in [-0.25, -0.2) is 0 Å². The van der Waals surface area contributed by atoms with Crippen molar-refractivity contribution in [3.63, 3.8) is 0 Å². The van der Waals surface area contributed by atoms with Crippen LogP contribution in [0.3, 0.4) is 0 Å². The number of aromatic hydroxyl groups is 1. The summed E-state index contributed by atoms with van der Waals surface area (Å²) < 4.78 is 0. The molecule has 0 aliphatic rings. The Bertz CT molecular complexity index is 740. The van der Waals surface area contributed by atoms with Crippen molar-refractivity contribution in [2.24, 2.45) is 0 Å². The van der Waals surface area contributed by atoms with Crippen LogP contribution in [0.4, 0.5) is 0 Å². The molecule has 1 aromatic heterocycles. The molecule has 2 N–H and O–H groups in total. The molecule has 0 spiro atoms. The Hall–Kier alpha value is -1.72. The van der Waals surface area contributed by atoms with E-state index < -0.39 is 0 Å². The molecule has 148 valence electrons. The molecule has 0 atom stereocenters. The second kappa shape index (κ2) is 8.98. The van der Waals surface area contributed by atoms with Crippen molar-refractivity contribution in [2.75, 3.05) is 6.54 Å². The lowest BCUT2D eigenvalue weighted by Crippen LogP contribution is -2.25. The SMILES string of the molecule is Br.CC(C)(C)c1cc(C(=O)CNCc2ccccn2)cc(C(C)(C)C)c1O. The number of ketones is 1. The first-order valence-electron chi connectivity index (χ1n) is 9.02. The Morgan fingerprint density at radius 3 is 2.04 bits per heavy atom. The Labute approximate surface area is 173 Å². The summed E-state index contributed by atoms with van der Waals surface area (Å²) in [5, 5.41) is 13.9. The second-order valence-electron chi connectivity index (χ2n) is 8.77. The number of pyridine rings is 1. The fraction of sp³-hybridized carbons (Fsp3) is 0.455. The quantitative estimate of drug-likeness (QED) is 0.654. The first-order valence-corrected chi connectivity index (χ1v) is 9.02. The first kappa shape index (κ1) is 23.3. The number of phenols is 1. The molecule has 4 nitrogen and oxygen atoms in total. The molecule has 0 aliphatic carbocycles. The van der Waals surface area contributed by atoms with Crippen molar-refractivity contribution in [2.45, 2.75) is 58.9 Å². The maximum absolute atomic E-state index is 12.7. The second-order valence-corrected chi connectivity index (χ2v) is 8.77. The van der Waals surface area contributed by atoms with Crippen LogP contribution in [0.5, 0.6) is 5.75 Å². The summed E-state index contributed by atoms with van der Waals surface area (Å²) in [4.78, 5) is 17.0. The number of Topliss-reactive ketones (excluding diaryl/α,β-unsaturated/α-hetero) is 1. The van der Waals surface area contributed by atoms with E-state index in [0.717, 1.165) is 16.8 Å². The molecule has 1 heterocycles. The van der Waals surface area contributed by atoms with Gasteiger partial charge in [0.25, 0.3) is 0 Å². The van der Waals surface area contributed by atoms with Gasteiger partial charge < -0.3 is 10.4 Å². The van der Waals surface area contributed by atoms with Gasteiger partial charge in [-0.3, -0.25) is 9.78 Å². The van der Waals surface area contributed by atoms with E-state index in [9.17, 15) is 9.90 Å². The molecule has 0 saturated carbocycles. The number of hydrogen-bond donors (Lipinski definition) is 2. The molecule has 2 rings (SSSR count). The van der Waals surface area contributed by atoms with E-state index in [0.29, 0.717) is 17.9 Å². The van der Waals surface area contributed by atoms with Crippen molar-refractivity contribution in [1.29, 1.82) is 0 Å². The highest BCUT2D eigenvalue weighted by molar-refractivity contribution is 8.93. The fourth-order valence-electron chi connectivity index (χ4n) is 2.85. The van der Waals surface area contributed by atoms with Gasteiger partial charge in [0, 0.05) is 29.4 Å². The minimum Gasteiger partial charge on any atom is -0.507 e. The summed E-state index contributed by atoms with van der Waals surface area (Å²) in [6.45, 7) is 13.0. The number of benzene rings is 1. The van der Waals surface area contributed by atoms with Crippen molar-refractivity contribution < 1.29 is 9.90 Å². The lowest BCUT2D eigenvalue weighted by molar-refractivity contribution is 0.0990. The molecule has 0 saturated heterocycles.